The summed E-state index contributed by atoms with van der Waals surface area (Å²) in [4.78, 5) is 12.8. The third-order valence-corrected chi connectivity index (χ3v) is 9.69. The summed E-state index contributed by atoms with van der Waals surface area (Å²) in [5.41, 5.74) is 7.13. The number of hydrogen-bond donors (Lipinski definition) is 2. The van der Waals surface area contributed by atoms with Crippen molar-refractivity contribution in [1.82, 2.24) is 20.6 Å². The minimum atomic E-state index is -0.826. The van der Waals surface area contributed by atoms with Gasteiger partial charge in [-0.3, -0.25) is 15.3 Å². The van der Waals surface area contributed by atoms with Gasteiger partial charge in [0.2, 0.25) is 5.91 Å². The van der Waals surface area contributed by atoms with E-state index in [0.29, 0.717) is 30.1 Å². The van der Waals surface area contributed by atoms with Crippen molar-refractivity contribution in [2.45, 2.75) is 82.2 Å². The number of allylic oxidation sites excluding steroid dienone is 4. The van der Waals surface area contributed by atoms with E-state index in [0.717, 1.165) is 58.0 Å². The summed E-state index contributed by atoms with van der Waals surface area (Å²) in [7, 11) is 0. The fraction of sp³-hybridized carbons (Fsp3) is 0.704. The Morgan fingerprint density at radius 3 is 2.94 bits per heavy atom. The first kappa shape index (κ1) is 21.6. The van der Waals surface area contributed by atoms with E-state index >= 15 is 0 Å². The molecule has 0 bridgehead atoms. The van der Waals surface area contributed by atoms with Crippen LogP contribution in [0.25, 0.3) is 0 Å². The third-order valence-electron chi connectivity index (χ3n) is 9.69. The molecule has 5 nitrogen and oxygen atoms in total. The maximum absolute atomic E-state index is 14.7. The first-order chi connectivity index (χ1) is 16.1. The predicted octanol–water partition coefficient (Wildman–Crippen LogP) is 4.95. The molecule has 0 spiro atoms. The van der Waals surface area contributed by atoms with Gasteiger partial charge in [-0.2, -0.15) is 5.10 Å². The summed E-state index contributed by atoms with van der Waals surface area (Å²) >= 11 is 0. The largest absolute Gasteiger partial charge is 0.289 e. The molecule has 2 N–H and O–H groups in total. The second-order valence-corrected chi connectivity index (χ2v) is 11.3. The van der Waals surface area contributed by atoms with E-state index in [-0.39, 0.29) is 17.2 Å². The molecular formula is C27H37FN4O. The Balaban J connectivity index is 1.23. The van der Waals surface area contributed by atoms with E-state index in [1.807, 2.05) is 6.08 Å². The zero-order valence-electron chi connectivity index (χ0n) is 19.7. The summed E-state index contributed by atoms with van der Waals surface area (Å²) in [6.45, 7) is 4.33. The van der Waals surface area contributed by atoms with Crippen molar-refractivity contribution >= 4 is 5.91 Å². The number of halogens is 1. The number of piperidine rings is 1. The molecule has 33 heavy (non-hydrogen) atoms. The van der Waals surface area contributed by atoms with Crippen molar-refractivity contribution < 1.29 is 9.18 Å². The van der Waals surface area contributed by atoms with E-state index in [9.17, 15) is 9.18 Å². The Morgan fingerprint density at radius 2 is 2.09 bits per heavy atom. The molecule has 1 aromatic heterocycles. The second-order valence-electron chi connectivity index (χ2n) is 11.3. The van der Waals surface area contributed by atoms with Crippen molar-refractivity contribution in [3.05, 3.63) is 41.3 Å². The number of H-pyrrole nitrogens is 1. The normalized spacial score (nSPS) is 39.8. The number of rotatable bonds is 4. The average molecular weight is 453 g/mol. The number of fused-ring (bicyclic) bond motifs is 7. The van der Waals surface area contributed by atoms with Crippen LogP contribution in [-0.4, -0.2) is 40.4 Å². The molecule has 1 amide bonds. The molecule has 5 unspecified atom stereocenters. The molecule has 1 saturated heterocycles. The van der Waals surface area contributed by atoms with E-state index in [2.05, 4.69) is 34.7 Å². The molecule has 2 saturated carbocycles. The van der Waals surface area contributed by atoms with Crippen molar-refractivity contribution in [3.63, 3.8) is 0 Å². The number of nitrogens with one attached hydrogen (secondary N) is 2. The van der Waals surface area contributed by atoms with Gasteiger partial charge in [0.25, 0.3) is 0 Å². The number of carbonyl (C=O) groups is 1. The van der Waals surface area contributed by atoms with E-state index in [1.54, 1.807) is 6.08 Å². The molecule has 3 fully saturated rings. The summed E-state index contributed by atoms with van der Waals surface area (Å²) in [5.74, 6) is 2.08. The first-order valence-corrected chi connectivity index (χ1v) is 13.2. The lowest BCUT2D eigenvalue weighted by atomic mass is 9.51. The molecule has 6 rings (SSSR count). The van der Waals surface area contributed by atoms with Crippen LogP contribution in [0.2, 0.25) is 0 Å². The standard InChI is InChI=1S/C27H37FN4O/c1-27-13-12-18-17-6-5-7-23(28)19(17)8-9-20(18)25(27)21(22-16-29-30-26(22)27)10-11-24(33)31-32-14-3-2-4-15-32/h5-7,16,18-21,23,25H,2-4,8-15H2,1H3,(H,29,30)(H,31,33)/t18?,19?,20?,21-,23?,25?,27+/m1/s1. The van der Waals surface area contributed by atoms with Crippen LogP contribution in [0.3, 0.4) is 0 Å². The van der Waals surface area contributed by atoms with Crippen LogP contribution >= 0.6 is 0 Å². The maximum Gasteiger partial charge on any atom is 0.234 e. The summed E-state index contributed by atoms with van der Waals surface area (Å²) in [6, 6.07) is 0. The molecule has 4 aliphatic carbocycles. The number of hydrazine groups is 1. The molecule has 178 valence electrons. The molecule has 0 radical (unpaired) electrons. The van der Waals surface area contributed by atoms with E-state index in [4.69, 9.17) is 5.10 Å². The second kappa shape index (κ2) is 8.37. The Labute approximate surface area is 196 Å². The monoisotopic (exact) mass is 452 g/mol. The van der Waals surface area contributed by atoms with Crippen molar-refractivity contribution in [3.8, 4) is 0 Å². The molecule has 2 heterocycles. The highest BCUT2D eigenvalue weighted by Crippen LogP contribution is 2.64. The average Bonchev–Trinajstić information content (AvgIpc) is 3.39. The number of amides is 1. The highest BCUT2D eigenvalue weighted by molar-refractivity contribution is 5.75. The Bertz CT molecular complexity index is 963. The molecule has 0 aromatic carbocycles. The molecule has 5 aliphatic rings. The highest BCUT2D eigenvalue weighted by Gasteiger charge is 2.59. The van der Waals surface area contributed by atoms with E-state index in [1.165, 1.54) is 23.3 Å². The minimum Gasteiger partial charge on any atom is -0.289 e. The van der Waals surface area contributed by atoms with Crippen LogP contribution in [0.4, 0.5) is 4.39 Å². The Kier molecular flexibility index (Phi) is 5.47. The zero-order chi connectivity index (χ0) is 22.6. The maximum atomic E-state index is 14.7. The van der Waals surface area contributed by atoms with Gasteiger partial charge < -0.3 is 0 Å². The number of aromatic nitrogens is 2. The van der Waals surface area contributed by atoms with Crippen molar-refractivity contribution in [2.24, 2.45) is 23.7 Å². The molecule has 7 atom stereocenters. The van der Waals surface area contributed by atoms with Gasteiger partial charge in [0.05, 0.1) is 5.69 Å². The van der Waals surface area contributed by atoms with Crippen LogP contribution in [0.15, 0.2) is 30.0 Å². The number of nitrogens with zero attached hydrogens (tertiary/aromatic N) is 2. The van der Waals surface area contributed by atoms with Gasteiger partial charge in [-0.05, 0) is 74.2 Å². The van der Waals surface area contributed by atoms with Crippen molar-refractivity contribution in [1.29, 1.82) is 0 Å². The Morgan fingerprint density at radius 1 is 1.24 bits per heavy atom. The predicted molar refractivity (Wildman–Crippen MR) is 126 cm³/mol. The molecule has 1 aromatic rings. The van der Waals surface area contributed by atoms with Crippen LogP contribution in [0.1, 0.15) is 81.9 Å². The van der Waals surface area contributed by atoms with Crippen LogP contribution < -0.4 is 5.43 Å². The fourth-order valence-electron chi connectivity index (χ4n) is 8.28. The van der Waals surface area contributed by atoms with Crippen LogP contribution in [0, 0.1) is 23.7 Å². The summed E-state index contributed by atoms with van der Waals surface area (Å²) in [5, 5.41) is 9.97. The third kappa shape index (κ3) is 3.51. The molecule has 6 heteroatoms. The van der Waals surface area contributed by atoms with Crippen molar-refractivity contribution in [2.75, 3.05) is 13.1 Å². The van der Waals surface area contributed by atoms with Crippen LogP contribution in [0.5, 0.6) is 0 Å². The van der Waals surface area contributed by atoms with Gasteiger partial charge in [-0.1, -0.05) is 37.1 Å². The molecule has 1 aliphatic heterocycles. The Hall–Kier alpha value is -1.95. The molecular weight excluding hydrogens is 415 g/mol. The van der Waals surface area contributed by atoms with Crippen LogP contribution in [-0.2, 0) is 10.2 Å². The number of aromatic amines is 1. The zero-order valence-corrected chi connectivity index (χ0v) is 19.7. The SMILES string of the molecule is C[C@]12CCC3C4=CC=CC(F)C4CCC3C1[C@H](CCC(=O)NN1CCCCC1)c1c[nH]nc12. The highest BCUT2D eigenvalue weighted by atomic mass is 19.1. The lowest BCUT2D eigenvalue weighted by Gasteiger charge is -2.53. The van der Waals surface area contributed by atoms with Gasteiger partial charge in [0, 0.05) is 37.0 Å². The fourth-order valence-corrected chi connectivity index (χ4v) is 8.28. The topological polar surface area (TPSA) is 61.0 Å². The van der Waals surface area contributed by atoms with E-state index < -0.39 is 6.17 Å². The minimum absolute atomic E-state index is 0.0531. The first-order valence-electron chi connectivity index (χ1n) is 13.2. The quantitative estimate of drug-likeness (QED) is 0.680. The number of carbonyl (C=O) groups excluding carboxylic acids is 1. The van der Waals surface area contributed by atoms with Gasteiger partial charge in [-0.15, -0.1) is 0 Å². The lowest BCUT2D eigenvalue weighted by molar-refractivity contribution is -0.126. The number of alkyl halides is 1. The van der Waals surface area contributed by atoms with Gasteiger partial charge in [-0.25, -0.2) is 9.40 Å². The van der Waals surface area contributed by atoms with Gasteiger partial charge in [0.15, 0.2) is 0 Å². The van der Waals surface area contributed by atoms with Gasteiger partial charge in [0.1, 0.15) is 6.17 Å². The summed E-state index contributed by atoms with van der Waals surface area (Å²) < 4.78 is 14.7. The number of hydrogen-bond acceptors (Lipinski definition) is 3. The van der Waals surface area contributed by atoms with Gasteiger partial charge >= 0.3 is 0 Å². The lowest BCUT2D eigenvalue weighted by Crippen LogP contribution is -2.48. The summed E-state index contributed by atoms with van der Waals surface area (Å²) in [6.07, 6.45) is 16.4. The smallest absolute Gasteiger partial charge is 0.234 e.